The van der Waals surface area contributed by atoms with Crippen molar-refractivity contribution in [1.82, 2.24) is 9.80 Å². The molecule has 1 saturated carbocycles. The lowest BCUT2D eigenvalue weighted by Crippen LogP contribution is -2.43. The zero-order valence-corrected chi connectivity index (χ0v) is 20.7. The average Bonchev–Trinajstić information content (AvgIpc) is 3.18. The van der Waals surface area contributed by atoms with E-state index in [0.29, 0.717) is 56.2 Å². The molecule has 35 heavy (non-hydrogen) atoms. The zero-order chi connectivity index (χ0) is 24.5. The number of amides is 1. The number of methoxy groups -OCH3 is 3. The van der Waals surface area contributed by atoms with Gasteiger partial charge in [-0.3, -0.25) is 14.5 Å². The predicted octanol–water partition coefficient (Wildman–Crippen LogP) is 1.96. The molecule has 9 nitrogen and oxygen atoms in total. The van der Waals surface area contributed by atoms with Gasteiger partial charge in [0.2, 0.25) is 0 Å². The van der Waals surface area contributed by atoms with Gasteiger partial charge in [-0.15, -0.1) is 0 Å². The van der Waals surface area contributed by atoms with E-state index in [1.807, 2.05) is 18.2 Å². The molecule has 3 heterocycles. The molecule has 3 aliphatic heterocycles. The monoisotopic (exact) mass is 486 g/mol. The molecular weight excluding hydrogens is 452 g/mol. The molecule has 190 valence electrons. The minimum atomic E-state index is -0.586. The predicted molar refractivity (Wildman–Crippen MR) is 126 cm³/mol. The van der Waals surface area contributed by atoms with Crippen LogP contribution in [-0.2, 0) is 23.8 Å². The Bertz CT molecular complexity index is 1000. The maximum Gasteiger partial charge on any atom is 0.290 e. The fourth-order valence-electron chi connectivity index (χ4n) is 5.77. The van der Waals surface area contributed by atoms with Crippen molar-refractivity contribution in [2.75, 3.05) is 60.7 Å². The molecule has 0 bridgehead atoms. The van der Waals surface area contributed by atoms with Crippen LogP contribution in [0.25, 0.3) is 0 Å². The van der Waals surface area contributed by atoms with Crippen LogP contribution in [0.3, 0.4) is 0 Å². The fraction of sp³-hybridized carbons (Fsp3) is 0.615. The van der Waals surface area contributed by atoms with Gasteiger partial charge in [0.15, 0.2) is 11.5 Å². The molecular formula is C26H34N2O7. The molecule has 1 aromatic carbocycles. The molecule has 9 heteroatoms. The van der Waals surface area contributed by atoms with E-state index in [1.165, 1.54) is 0 Å². The third-order valence-corrected chi connectivity index (χ3v) is 7.73. The highest BCUT2D eigenvalue weighted by molar-refractivity contribution is 6.11. The number of rotatable bonds is 7. The van der Waals surface area contributed by atoms with Crippen molar-refractivity contribution in [2.45, 2.75) is 37.5 Å². The van der Waals surface area contributed by atoms with Crippen LogP contribution in [0.2, 0.25) is 0 Å². The van der Waals surface area contributed by atoms with Crippen molar-refractivity contribution in [3.05, 3.63) is 35.1 Å². The standard InChI is InChI=1S/C26H34N2O7/c1-31-16-5-7-20(33-3)19(14-16)23-22-24(29)18-6-4-17(32-2)15-21(18)35-25(22)26(30)28(23)9-8-27-10-12-34-13-11-27/h5,7,14,17-18,21,23H,4,6,8-13,15H2,1-3H3. The minimum Gasteiger partial charge on any atom is -0.497 e. The van der Waals surface area contributed by atoms with Gasteiger partial charge in [0, 0.05) is 45.3 Å². The highest BCUT2D eigenvalue weighted by Gasteiger charge is 2.53. The topological polar surface area (TPSA) is 86.8 Å². The largest absolute Gasteiger partial charge is 0.497 e. The van der Waals surface area contributed by atoms with E-state index < -0.39 is 6.04 Å². The van der Waals surface area contributed by atoms with Gasteiger partial charge in [-0.1, -0.05) is 0 Å². The Kier molecular flexibility index (Phi) is 7.00. The van der Waals surface area contributed by atoms with Crippen LogP contribution < -0.4 is 9.47 Å². The lowest BCUT2D eigenvalue weighted by Gasteiger charge is -2.38. The van der Waals surface area contributed by atoms with Crippen molar-refractivity contribution in [1.29, 1.82) is 0 Å². The van der Waals surface area contributed by atoms with Crippen molar-refractivity contribution >= 4 is 11.7 Å². The summed E-state index contributed by atoms with van der Waals surface area (Å²) in [6.45, 7) is 4.15. The molecule has 1 aliphatic carbocycles. The summed E-state index contributed by atoms with van der Waals surface area (Å²) in [5.41, 5.74) is 1.17. The van der Waals surface area contributed by atoms with Gasteiger partial charge in [0.05, 0.1) is 51.1 Å². The lowest BCUT2D eigenvalue weighted by molar-refractivity contribution is -0.138. The summed E-state index contributed by atoms with van der Waals surface area (Å²) in [4.78, 5) is 31.7. The number of fused-ring (bicyclic) bond motifs is 1. The van der Waals surface area contributed by atoms with Gasteiger partial charge in [-0.25, -0.2) is 0 Å². The first-order valence-corrected chi connectivity index (χ1v) is 12.4. The second-order valence-corrected chi connectivity index (χ2v) is 9.50. The molecule has 4 aliphatic rings. The number of Topliss-reactive ketones (excluding diaryl/α,β-unsaturated/α-hetero) is 1. The number of ketones is 1. The third-order valence-electron chi connectivity index (χ3n) is 7.73. The molecule has 1 aromatic rings. The van der Waals surface area contributed by atoms with Gasteiger partial charge in [0.1, 0.15) is 17.6 Å². The molecule has 0 radical (unpaired) electrons. The molecule has 4 atom stereocenters. The molecule has 4 unspecified atom stereocenters. The van der Waals surface area contributed by atoms with Crippen LogP contribution in [0, 0.1) is 5.92 Å². The molecule has 1 amide bonds. The molecule has 0 N–H and O–H groups in total. The fourth-order valence-corrected chi connectivity index (χ4v) is 5.77. The number of carbonyl (C=O) groups excluding carboxylic acids is 2. The number of hydrogen-bond donors (Lipinski definition) is 0. The van der Waals surface area contributed by atoms with Crippen LogP contribution >= 0.6 is 0 Å². The average molecular weight is 487 g/mol. The number of ether oxygens (including phenoxy) is 5. The molecule has 2 fully saturated rings. The van der Waals surface area contributed by atoms with Crippen molar-refractivity contribution in [2.24, 2.45) is 5.92 Å². The van der Waals surface area contributed by atoms with Gasteiger partial charge in [-0.2, -0.15) is 0 Å². The number of carbonyl (C=O) groups is 2. The van der Waals surface area contributed by atoms with Gasteiger partial charge < -0.3 is 28.6 Å². The second kappa shape index (κ2) is 10.2. The van der Waals surface area contributed by atoms with Crippen LogP contribution in [0.4, 0.5) is 0 Å². The van der Waals surface area contributed by atoms with E-state index in [0.717, 1.165) is 25.1 Å². The van der Waals surface area contributed by atoms with Gasteiger partial charge in [0.25, 0.3) is 5.91 Å². The highest BCUT2D eigenvalue weighted by atomic mass is 16.5. The first-order valence-electron chi connectivity index (χ1n) is 12.4. The Morgan fingerprint density at radius 1 is 1.03 bits per heavy atom. The Labute approximate surface area is 205 Å². The minimum absolute atomic E-state index is 0.00268. The van der Waals surface area contributed by atoms with E-state index in [9.17, 15) is 9.59 Å². The highest BCUT2D eigenvalue weighted by Crippen LogP contribution is 2.49. The molecule has 1 saturated heterocycles. The van der Waals surface area contributed by atoms with Crippen LogP contribution in [-0.4, -0.2) is 94.4 Å². The Balaban J connectivity index is 1.52. The summed E-state index contributed by atoms with van der Waals surface area (Å²) >= 11 is 0. The van der Waals surface area contributed by atoms with Crippen LogP contribution in [0.5, 0.6) is 11.5 Å². The maximum absolute atomic E-state index is 13.9. The second-order valence-electron chi connectivity index (χ2n) is 9.50. The van der Waals surface area contributed by atoms with Crippen LogP contribution in [0.1, 0.15) is 30.9 Å². The van der Waals surface area contributed by atoms with Crippen LogP contribution in [0.15, 0.2) is 29.5 Å². The first kappa shape index (κ1) is 24.1. The SMILES string of the molecule is COc1ccc(OC)c(C2C3=C(OC4CC(OC)CCC4C3=O)C(=O)N2CCN2CCOCC2)c1. The zero-order valence-electron chi connectivity index (χ0n) is 20.7. The van der Waals surface area contributed by atoms with Gasteiger partial charge >= 0.3 is 0 Å². The Morgan fingerprint density at radius 2 is 1.83 bits per heavy atom. The van der Waals surface area contributed by atoms with E-state index in [2.05, 4.69) is 4.90 Å². The number of nitrogens with zero attached hydrogens (tertiary/aromatic N) is 2. The summed E-state index contributed by atoms with van der Waals surface area (Å²) in [6, 6.07) is 4.90. The van der Waals surface area contributed by atoms with E-state index >= 15 is 0 Å². The summed E-state index contributed by atoms with van der Waals surface area (Å²) < 4.78 is 28.5. The Morgan fingerprint density at radius 3 is 2.54 bits per heavy atom. The van der Waals surface area contributed by atoms with Crippen molar-refractivity contribution in [3.63, 3.8) is 0 Å². The normalized spacial score (nSPS) is 29.1. The lowest BCUT2D eigenvalue weighted by atomic mass is 9.76. The molecule has 5 rings (SSSR count). The summed E-state index contributed by atoms with van der Waals surface area (Å²) in [6.07, 6.45) is 1.79. The summed E-state index contributed by atoms with van der Waals surface area (Å²) in [5.74, 6) is 0.915. The van der Waals surface area contributed by atoms with Crippen molar-refractivity contribution < 1.29 is 33.3 Å². The number of morpholine rings is 1. The maximum atomic E-state index is 13.9. The van der Waals surface area contributed by atoms with Gasteiger partial charge in [-0.05, 0) is 31.0 Å². The molecule has 0 spiro atoms. The number of hydrogen-bond acceptors (Lipinski definition) is 8. The molecule has 0 aromatic heterocycles. The summed E-state index contributed by atoms with van der Waals surface area (Å²) in [7, 11) is 4.87. The van der Waals surface area contributed by atoms with E-state index in [-0.39, 0.29) is 35.6 Å². The quantitative estimate of drug-likeness (QED) is 0.578. The first-order chi connectivity index (χ1) is 17.0. The van der Waals surface area contributed by atoms with Crippen molar-refractivity contribution in [3.8, 4) is 11.5 Å². The summed E-state index contributed by atoms with van der Waals surface area (Å²) in [5, 5.41) is 0. The Hall–Kier alpha value is -2.62. The van der Waals surface area contributed by atoms with E-state index in [4.69, 9.17) is 23.7 Å². The smallest absolute Gasteiger partial charge is 0.290 e. The number of benzene rings is 1. The van der Waals surface area contributed by atoms with E-state index in [1.54, 1.807) is 26.2 Å². The third kappa shape index (κ3) is 4.41.